The van der Waals surface area contributed by atoms with E-state index in [9.17, 15) is 60.7 Å². The second kappa shape index (κ2) is 16.2. The largest absolute Gasteiger partial charge is 0.508 e. The van der Waals surface area contributed by atoms with Gasteiger partial charge in [0.15, 0.2) is 16.9 Å². The molecule has 0 spiro atoms. The summed E-state index contributed by atoms with van der Waals surface area (Å²) in [7, 11) is 1.35. The van der Waals surface area contributed by atoms with E-state index in [0.717, 1.165) is 18.2 Å². The number of rotatable bonds is 10. The van der Waals surface area contributed by atoms with Crippen molar-refractivity contribution in [3.8, 4) is 40.1 Å². The van der Waals surface area contributed by atoms with E-state index in [0.29, 0.717) is 11.1 Å². The summed E-state index contributed by atoms with van der Waals surface area (Å²) >= 11 is 0. The van der Waals surface area contributed by atoms with Crippen LogP contribution in [0.3, 0.4) is 0 Å². The number of carbonyl (C=O) groups excluding carboxylic acids is 1. The van der Waals surface area contributed by atoms with Gasteiger partial charge in [0.05, 0.1) is 19.3 Å². The molecule has 3 aromatic carbocycles. The summed E-state index contributed by atoms with van der Waals surface area (Å²) in [4.78, 5) is 26.0. The summed E-state index contributed by atoms with van der Waals surface area (Å²) in [6.45, 7) is -1.53. The molecule has 0 saturated carbocycles. The molecule has 0 unspecified atom stereocenters. The first-order chi connectivity index (χ1) is 26.2. The van der Waals surface area contributed by atoms with Crippen molar-refractivity contribution in [2.75, 3.05) is 20.3 Å². The highest BCUT2D eigenvalue weighted by atomic mass is 16.7. The fraction of sp³-hybridized carbons (Fsp3) is 0.351. The summed E-state index contributed by atoms with van der Waals surface area (Å²) in [5.74, 6) is -2.37. The average Bonchev–Trinajstić information content (AvgIpc) is 3.17. The Labute approximate surface area is 310 Å². The molecule has 294 valence electrons. The minimum atomic E-state index is -2.01. The first kappa shape index (κ1) is 39.4. The van der Waals surface area contributed by atoms with Gasteiger partial charge in [0, 0.05) is 23.8 Å². The molecule has 2 aliphatic rings. The lowest BCUT2D eigenvalue weighted by molar-refractivity contribution is -0.279. The molecule has 3 heterocycles. The topological polar surface area (TPSA) is 296 Å². The Morgan fingerprint density at radius 3 is 2.18 bits per heavy atom. The number of benzene rings is 3. The predicted molar refractivity (Wildman–Crippen MR) is 186 cm³/mol. The minimum absolute atomic E-state index is 0.0172. The molecule has 55 heavy (non-hydrogen) atoms. The number of ether oxygens (including phenoxy) is 5. The van der Waals surface area contributed by atoms with Crippen molar-refractivity contribution in [2.24, 2.45) is 0 Å². The lowest BCUT2D eigenvalue weighted by Crippen LogP contribution is -2.60. The zero-order valence-electron chi connectivity index (χ0n) is 28.8. The molecule has 2 aliphatic heterocycles. The molecule has 0 aliphatic carbocycles. The number of esters is 1. The molecule has 1 aromatic heterocycles. The Balaban J connectivity index is 1.33. The van der Waals surface area contributed by atoms with Crippen LogP contribution in [-0.4, -0.2) is 132 Å². The molecular formula is C37H38O18. The number of methoxy groups -OCH3 is 1. The maximum Gasteiger partial charge on any atom is 0.330 e. The van der Waals surface area contributed by atoms with Gasteiger partial charge in [-0.1, -0.05) is 6.07 Å². The molecule has 6 rings (SSSR count). The predicted octanol–water partition coefficient (Wildman–Crippen LogP) is -0.457. The molecule has 18 nitrogen and oxygen atoms in total. The molecule has 10 atom stereocenters. The number of fused-ring (bicyclic) bond motifs is 1. The minimum Gasteiger partial charge on any atom is -0.508 e. The van der Waals surface area contributed by atoms with Gasteiger partial charge in [-0.25, -0.2) is 4.79 Å². The van der Waals surface area contributed by atoms with E-state index in [4.69, 9.17) is 28.1 Å². The van der Waals surface area contributed by atoms with E-state index in [1.807, 2.05) is 0 Å². The molecule has 2 saturated heterocycles. The number of aliphatic hydroxyl groups is 7. The van der Waals surface area contributed by atoms with Crippen LogP contribution in [-0.2, 0) is 19.0 Å². The molecule has 0 amide bonds. The van der Waals surface area contributed by atoms with Gasteiger partial charge in [0.2, 0.25) is 6.29 Å². The zero-order valence-corrected chi connectivity index (χ0v) is 28.8. The number of hydrogen-bond acceptors (Lipinski definition) is 18. The Morgan fingerprint density at radius 2 is 1.49 bits per heavy atom. The van der Waals surface area contributed by atoms with Crippen molar-refractivity contribution < 1.29 is 84.0 Å². The first-order valence-electron chi connectivity index (χ1n) is 16.7. The summed E-state index contributed by atoms with van der Waals surface area (Å²) in [5, 5.41) is 105. The summed E-state index contributed by atoms with van der Waals surface area (Å²) in [6.07, 6.45) is -15.9. The number of phenols is 3. The van der Waals surface area contributed by atoms with Gasteiger partial charge in [-0.15, -0.1) is 0 Å². The standard InChI is InChI=1S/C37H38O18/c1-50-21-10-15(2-8-18(21)40)3-9-26(42)51-14-25-30(44)33(47)35(49)37(55-25)54-23-12-22-27(19(41)11-20(52-22)16-4-6-17(39)7-5-16)31(45)28(23)36-34(48)32(46)29(43)24(13-38)53-36/h2-12,24-25,29-30,32-40,43-49H,13-14H2,1H3/t24-,25-,29-,30-,32+,33+,34-,35-,36+,37-/m1/s1. The van der Waals surface area contributed by atoms with Crippen LogP contribution >= 0.6 is 0 Å². The van der Waals surface area contributed by atoms with Crippen molar-refractivity contribution in [3.05, 3.63) is 82.0 Å². The quantitative estimate of drug-likeness (QED) is 0.0721. The normalized spacial score (nSPS) is 28.3. The molecule has 0 radical (unpaired) electrons. The van der Waals surface area contributed by atoms with Crippen molar-refractivity contribution in [3.63, 3.8) is 0 Å². The van der Waals surface area contributed by atoms with Crippen molar-refractivity contribution in [1.82, 2.24) is 0 Å². The number of aromatic hydroxyl groups is 3. The second-order valence-corrected chi connectivity index (χ2v) is 12.8. The van der Waals surface area contributed by atoms with Gasteiger partial charge >= 0.3 is 5.97 Å². The number of aliphatic hydroxyl groups excluding tert-OH is 7. The molecule has 4 aromatic rings. The lowest BCUT2D eigenvalue weighted by atomic mass is 9.89. The average molecular weight is 771 g/mol. The molecule has 0 bridgehead atoms. The molecular weight excluding hydrogens is 732 g/mol. The zero-order chi connectivity index (χ0) is 39.7. The van der Waals surface area contributed by atoms with Crippen LogP contribution in [0, 0.1) is 0 Å². The highest BCUT2D eigenvalue weighted by Crippen LogP contribution is 2.46. The van der Waals surface area contributed by atoms with Gasteiger partial charge < -0.3 is 79.2 Å². The van der Waals surface area contributed by atoms with Gasteiger partial charge in [-0.05, 0) is 48.0 Å². The Hall–Kier alpha value is -5.28. The van der Waals surface area contributed by atoms with Crippen molar-refractivity contribution in [1.29, 1.82) is 0 Å². The van der Waals surface area contributed by atoms with E-state index in [2.05, 4.69) is 0 Å². The van der Waals surface area contributed by atoms with Crippen LogP contribution in [0.4, 0.5) is 0 Å². The van der Waals surface area contributed by atoms with Crippen LogP contribution in [0.1, 0.15) is 17.2 Å². The van der Waals surface area contributed by atoms with Crippen LogP contribution in [0.25, 0.3) is 28.4 Å². The van der Waals surface area contributed by atoms with Gasteiger partial charge in [0.25, 0.3) is 0 Å². The highest BCUT2D eigenvalue weighted by molar-refractivity contribution is 5.88. The van der Waals surface area contributed by atoms with E-state index in [1.54, 1.807) is 0 Å². The fourth-order valence-electron chi connectivity index (χ4n) is 6.23. The summed E-state index contributed by atoms with van der Waals surface area (Å²) in [6, 6.07) is 12.0. The fourth-order valence-corrected chi connectivity index (χ4v) is 6.23. The second-order valence-electron chi connectivity index (χ2n) is 12.8. The highest BCUT2D eigenvalue weighted by Gasteiger charge is 2.49. The van der Waals surface area contributed by atoms with Crippen LogP contribution in [0.5, 0.6) is 28.7 Å². The van der Waals surface area contributed by atoms with Crippen LogP contribution in [0.2, 0.25) is 0 Å². The van der Waals surface area contributed by atoms with E-state index in [-0.39, 0.29) is 28.6 Å². The smallest absolute Gasteiger partial charge is 0.330 e. The number of carbonyl (C=O) groups is 1. The third-order valence-corrected chi connectivity index (χ3v) is 9.24. The third kappa shape index (κ3) is 7.94. The number of phenolic OH excluding ortho intramolecular Hbond substituents is 3. The lowest BCUT2D eigenvalue weighted by Gasteiger charge is -2.42. The maximum absolute atomic E-state index is 13.5. The maximum atomic E-state index is 13.5. The van der Waals surface area contributed by atoms with E-state index >= 15 is 0 Å². The molecule has 10 N–H and O–H groups in total. The van der Waals surface area contributed by atoms with Gasteiger partial charge in [0.1, 0.15) is 95.5 Å². The van der Waals surface area contributed by atoms with E-state index in [1.165, 1.54) is 55.7 Å². The van der Waals surface area contributed by atoms with E-state index < -0.39 is 108 Å². The Morgan fingerprint density at radius 1 is 0.800 bits per heavy atom. The first-order valence-corrected chi connectivity index (χ1v) is 16.7. The Kier molecular flexibility index (Phi) is 11.6. The summed E-state index contributed by atoms with van der Waals surface area (Å²) < 4.78 is 33.5. The molecule has 18 heteroatoms. The number of hydrogen-bond donors (Lipinski definition) is 10. The van der Waals surface area contributed by atoms with Crippen LogP contribution < -0.4 is 14.9 Å². The molecule has 2 fully saturated rings. The van der Waals surface area contributed by atoms with Crippen LogP contribution in [0.15, 0.2) is 69.9 Å². The van der Waals surface area contributed by atoms with Gasteiger partial charge in [-0.3, -0.25) is 4.79 Å². The van der Waals surface area contributed by atoms with Crippen molar-refractivity contribution >= 4 is 23.0 Å². The Bertz CT molecular complexity index is 2090. The van der Waals surface area contributed by atoms with Gasteiger partial charge in [-0.2, -0.15) is 0 Å². The monoisotopic (exact) mass is 770 g/mol. The third-order valence-electron chi connectivity index (χ3n) is 9.24. The SMILES string of the molecule is COc1cc(C=CC(=O)OC[C@H]2O[C@@H](Oc3cc4oc(-c5ccc(O)cc5)cc(=O)c4c(O)c3[C@@H]3O[C@H](CO)[C@@H](O)[C@H](O)[C@H]3O)[C@H](O)[C@@H](O)[C@@H]2O)ccc1O. The van der Waals surface area contributed by atoms with Crippen molar-refractivity contribution in [2.45, 2.75) is 61.2 Å². The summed E-state index contributed by atoms with van der Waals surface area (Å²) in [5.41, 5.74) is -0.829.